The smallest absolute Gasteiger partial charge is 0.349 e. The van der Waals surface area contributed by atoms with E-state index >= 15 is 0 Å². The Morgan fingerprint density at radius 2 is 1.97 bits per heavy atom. The summed E-state index contributed by atoms with van der Waals surface area (Å²) in [6, 6.07) is 8.00. The zero-order valence-electron chi connectivity index (χ0n) is 18.7. The van der Waals surface area contributed by atoms with Gasteiger partial charge in [-0.3, -0.25) is 19.7 Å². The van der Waals surface area contributed by atoms with E-state index in [-0.39, 0.29) is 5.69 Å². The van der Waals surface area contributed by atoms with Gasteiger partial charge in [-0.05, 0) is 43.7 Å². The SMILES string of the molecule is CCn1c2c3c(cc(CN4CCN(c5ccc(NC=O)nc5C)CC4)cc3nc1=O)C=NN2. The number of anilines is 3. The monoisotopic (exact) mass is 446 g/mol. The van der Waals surface area contributed by atoms with Gasteiger partial charge in [0, 0.05) is 44.8 Å². The summed E-state index contributed by atoms with van der Waals surface area (Å²) in [6.07, 6.45) is 2.43. The highest BCUT2D eigenvalue weighted by atomic mass is 16.1. The standard InChI is InChI=1S/C23H26N8O2/c1-3-31-22-21-17(12-25-28-22)10-16(11-18(21)27-23(31)33)13-29-6-8-30(9-7-29)19-4-5-20(24-14-32)26-15(19)2/h4-5,10-12,14,28H,3,6-9,13H2,1-2H3,(H,24,26,32). The number of nitrogens with zero attached hydrogens (tertiary/aromatic N) is 6. The second-order valence-electron chi connectivity index (χ2n) is 8.26. The second-order valence-corrected chi connectivity index (χ2v) is 8.26. The zero-order chi connectivity index (χ0) is 22.9. The van der Waals surface area contributed by atoms with E-state index in [1.54, 1.807) is 10.8 Å². The van der Waals surface area contributed by atoms with E-state index in [0.717, 1.165) is 60.6 Å². The Morgan fingerprint density at radius 1 is 1.15 bits per heavy atom. The molecular formula is C23H26N8O2. The summed E-state index contributed by atoms with van der Waals surface area (Å²) in [4.78, 5) is 36.6. The van der Waals surface area contributed by atoms with E-state index < -0.39 is 0 Å². The van der Waals surface area contributed by atoms with Crippen LogP contribution in [0.15, 0.2) is 34.2 Å². The van der Waals surface area contributed by atoms with Crippen molar-refractivity contribution in [3.8, 4) is 0 Å². The van der Waals surface area contributed by atoms with E-state index in [1.807, 2.05) is 32.0 Å². The highest BCUT2D eigenvalue weighted by molar-refractivity contribution is 6.06. The average molecular weight is 447 g/mol. The first-order chi connectivity index (χ1) is 16.1. The molecule has 0 aliphatic carbocycles. The Balaban J connectivity index is 1.32. The third kappa shape index (κ3) is 3.93. The van der Waals surface area contributed by atoms with Crippen LogP contribution in [0.25, 0.3) is 10.9 Å². The van der Waals surface area contributed by atoms with Crippen LogP contribution in [0, 0.1) is 6.92 Å². The Kier molecular flexibility index (Phi) is 5.51. The van der Waals surface area contributed by atoms with Crippen molar-refractivity contribution >= 4 is 40.9 Å². The summed E-state index contributed by atoms with van der Waals surface area (Å²) in [5.74, 6) is 1.27. The number of carbonyl (C=O) groups excluding carboxylic acids is 1. The number of amides is 1. The van der Waals surface area contributed by atoms with Gasteiger partial charge in [-0.1, -0.05) is 0 Å². The van der Waals surface area contributed by atoms with E-state index in [4.69, 9.17) is 0 Å². The van der Waals surface area contributed by atoms with Crippen molar-refractivity contribution in [3.63, 3.8) is 0 Å². The van der Waals surface area contributed by atoms with Crippen molar-refractivity contribution in [2.45, 2.75) is 26.9 Å². The van der Waals surface area contributed by atoms with Gasteiger partial charge in [0.25, 0.3) is 0 Å². The maximum atomic E-state index is 12.5. The van der Waals surface area contributed by atoms with Crippen LogP contribution in [0.1, 0.15) is 23.7 Å². The van der Waals surface area contributed by atoms with E-state index in [0.29, 0.717) is 30.1 Å². The summed E-state index contributed by atoms with van der Waals surface area (Å²) >= 11 is 0. The molecule has 0 saturated carbocycles. The number of nitrogens with one attached hydrogen (secondary N) is 2. The highest BCUT2D eigenvalue weighted by Crippen LogP contribution is 2.28. The first kappa shape index (κ1) is 21.1. The normalized spacial score (nSPS) is 15.5. The van der Waals surface area contributed by atoms with Crippen molar-refractivity contribution in [1.29, 1.82) is 0 Å². The lowest BCUT2D eigenvalue weighted by molar-refractivity contribution is -0.105. The molecule has 2 aliphatic heterocycles. The molecule has 0 spiro atoms. The predicted molar refractivity (Wildman–Crippen MR) is 129 cm³/mol. The van der Waals surface area contributed by atoms with Crippen LogP contribution in [-0.2, 0) is 17.9 Å². The molecule has 33 heavy (non-hydrogen) atoms. The molecule has 170 valence electrons. The van der Waals surface area contributed by atoms with Gasteiger partial charge in [0.2, 0.25) is 6.41 Å². The Morgan fingerprint density at radius 3 is 2.70 bits per heavy atom. The van der Waals surface area contributed by atoms with Gasteiger partial charge in [0.15, 0.2) is 0 Å². The first-order valence-electron chi connectivity index (χ1n) is 11.1. The average Bonchev–Trinajstić information content (AvgIpc) is 2.80. The lowest BCUT2D eigenvalue weighted by atomic mass is 10.0. The molecule has 10 heteroatoms. The van der Waals surface area contributed by atoms with Crippen molar-refractivity contribution in [2.24, 2.45) is 5.10 Å². The lowest BCUT2D eigenvalue weighted by Gasteiger charge is -2.36. The minimum Gasteiger partial charge on any atom is -0.368 e. The summed E-state index contributed by atoms with van der Waals surface area (Å²) in [7, 11) is 0. The van der Waals surface area contributed by atoms with E-state index in [9.17, 15) is 9.59 Å². The number of carbonyl (C=O) groups is 1. The number of rotatable bonds is 6. The van der Waals surface area contributed by atoms with E-state index in [2.05, 4.69) is 41.7 Å². The maximum absolute atomic E-state index is 12.5. The number of aryl methyl sites for hydroxylation is 1. The first-order valence-corrected chi connectivity index (χ1v) is 11.1. The number of aromatic nitrogens is 3. The molecule has 5 rings (SSSR count). The lowest BCUT2D eigenvalue weighted by Crippen LogP contribution is -2.46. The van der Waals surface area contributed by atoms with Gasteiger partial charge in [-0.2, -0.15) is 10.1 Å². The fraction of sp³-hybridized carbons (Fsp3) is 0.348. The van der Waals surface area contributed by atoms with Crippen molar-refractivity contribution in [3.05, 3.63) is 51.6 Å². The fourth-order valence-corrected chi connectivity index (χ4v) is 4.65. The minimum absolute atomic E-state index is 0.264. The molecule has 0 radical (unpaired) electrons. The summed E-state index contributed by atoms with van der Waals surface area (Å²) in [5.41, 5.74) is 7.51. The predicted octanol–water partition coefficient (Wildman–Crippen LogP) is 1.77. The van der Waals surface area contributed by atoms with Crippen LogP contribution >= 0.6 is 0 Å². The third-order valence-corrected chi connectivity index (χ3v) is 6.24. The molecule has 1 amide bonds. The molecule has 0 bridgehead atoms. The highest BCUT2D eigenvalue weighted by Gasteiger charge is 2.21. The molecule has 0 unspecified atom stereocenters. The molecule has 10 nitrogen and oxygen atoms in total. The molecule has 4 heterocycles. The number of hydrogen-bond donors (Lipinski definition) is 2. The van der Waals surface area contributed by atoms with Gasteiger partial charge >= 0.3 is 5.69 Å². The number of pyridine rings is 1. The molecule has 2 N–H and O–H groups in total. The van der Waals surface area contributed by atoms with Crippen LogP contribution in [-0.4, -0.2) is 58.2 Å². The summed E-state index contributed by atoms with van der Waals surface area (Å²) in [6.45, 7) is 8.80. The maximum Gasteiger partial charge on any atom is 0.349 e. The molecule has 1 fully saturated rings. The van der Waals surface area contributed by atoms with E-state index in [1.165, 1.54) is 0 Å². The fourth-order valence-electron chi connectivity index (χ4n) is 4.65. The van der Waals surface area contributed by atoms with Crippen LogP contribution in [0.2, 0.25) is 0 Å². The van der Waals surface area contributed by atoms with Crippen LogP contribution < -0.4 is 21.3 Å². The van der Waals surface area contributed by atoms with Gasteiger partial charge in [0.05, 0.1) is 28.5 Å². The third-order valence-electron chi connectivity index (χ3n) is 6.24. The Bertz CT molecular complexity index is 1310. The molecule has 0 atom stereocenters. The van der Waals surface area contributed by atoms with Gasteiger partial charge in [0.1, 0.15) is 11.6 Å². The van der Waals surface area contributed by atoms with Crippen molar-refractivity contribution < 1.29 is 4.79 Å². The van der Waals surface area contributed by atoms with Gasteiger partial charge < -0.3 is 10.2 Å². The molecule has 3 aromatic rings. The molecule has 2 aromatic heterocycles. The van der Waals surface area contributed by atoms with Crippen molar-refractivity contribution in [2.75, 3.05) is 41.8 Å². The largest absolute Gasteiger partial charge is 0.368 e. The van der Waals surface area contributed by atoms with Crippen LogP contribution in [0.5, 0.6) is 0 Å². The topological polar surface area (TPSA) is 108 Å². The Hall–Kier alpha value is -3.79. The quantitative estimate of drug-likeness (QED) is 0.556. The molecule has 1 saturated heterocycles. The van der Waals surface area contributed by atoms with Gasteiger partial charge in [-0.25, -0.2) is 9.78 Å². The zero-order valence-corrected chi connectivity index (χ0v) is 18.7. The number of hydrogen-bond acceptors (Lipinski definition) is 8. The summed E-state index contributed by atoms with van der Waals surface area (Å²) < 4.78 is 1.61. The van der Waals surface area contributed by atoms with Gasteiger partial charge in [-0.15, -0.1) is 0 Å². The van der Waals surface area contributed by atoms with Crippen molar-refractivity contribution in [1.82, 2.24) is 19.4 Å². The molecular weight excluding hydrogens is 420 g/mol. The number of piperazine rings is 1. The summed E-state index contributed by atoms with van der Waals surface area (Å²) in [5, 5.41) is 7.77. The molecule has 1 aromatic carbocycles. The van der Waals surface area contributed by atoms with Crippen LogP contribution in [0.4, 0.5) is 17.3 Å². The second kappa shape index (κ2) is 8.62. The Labute approximate surface area is 190 Å². The minimum atomic E-state index is -0.264. The van der Waals surface area contributed by atoms with Crippen LogP contribution in [0.3, 0.4) is 0 Å². The number of hydrazone groups is 1. The number of benzene rings is 1. The molecule has 2 aliphatic rings.